The van der Waals surface area contributed by atoms with Crippen LogP contribution in [0.15, 0.2) is 29.4 Å². The lowest BCUT2D eigenvalue weighted by atomic mass is 10.2. The summed E-state index contributed by atoms with van der Waals surface area (Å²) >= 11 is 7.24. The molecule has 2 aromatic rings. The van der Waals surface area contributed by atoms with Crippen molar-refractivity contribution in [3.63, 3.8) is 0 Å². The number of urea groups is 1. The highest BCUT2D eigenvalue weighted by Gasteiger charge is 2.31. The summed E-state index contributed by atoms with van der Waals surface area (Å²) in [5.74, 6) is 0.425. The minimum absolute atomic E-state index is 0.246. The second-order valence-corrected chi connectivity index (χ2v) is 7.68. The lowest BCUT2D eigenvalue weighted by molar-refractivity contribution is -0.126. The van der Waals surface area contributed by atoms with Gasteiger partial charge in [-0.05, 0) is 31.2 Å². The number of hydrogen-bond donors (Lipinski definition) is 1. The number of ether oxygens (including phenoxy) is 1. The first-order valence-electron chi connectivity index (χ1n) is 8.45. The molecule has 0 spiro atoms. The minimum atomic E-state index is -0.475. The molecule has 1 aromatic carbocycles. The number of imide groups is 1. The van der Waals surface area contributed by atoms with Crippen molar-refractivity contribution in [3.8, 4) is 11.4 Å². The van der Waals surface area contributed by atoms with Crippen molar-refractivity contribution in [2.75, 3.05) is 26.8 Å². The molecule has 27 heavy (non-hydrogen) atoms. The Labute approximate surface area is 166 Å². The molecule has 1 N–H and O–H groups in total. The Morgan fingerprint density at radius 2 is 2.11 bits per heavy atom. The summed E-state index contributed by atoms with van der Waals surface area (Å²) in [5.41, 5.74) is 0.868. The highest BCUT2D eigenvalue weighted by Crippen LogP contribution is 2.28. The van der Waals surface area contributed by atoms with Crippen LogP contribution >= 0.6 is 23.4 Å². The van der Waals surface area contributed by atoms with Crippen LogP contribution in [-0.4, -0.2) is 63.7 Å². The molecule has 144 valence electrons. The third kappa shape index (κ3) is 4.42. The van der Waals surface area contributed by atoms with Gasteiger partial charge in [-0.3, -0.25) is 14.3 Å². The van der Waals surface area contributed by atoms with E-state index in [1.54, 1.807) is 26.2 Å². The Morgan fingerprint density at radius 3 is 2.74 bits per heavy atom. The summed E-state index contributed by atoms with van der Waals surface area (Å²) in [6.45, 7) is 3.63. The van der Waals surface area contributed by atoms with Crippen LogP contribution in [0.2, 0.25) is 5.02 Å². The molecular formula is C17H20ClN5O3S. The van der Waals surface area contributed by atoms with E-state index in [2.05, 4.69) is 15.5 Å². The number of methoxy groups -OCH3 is 1. The Kier molecular flexibility index (Phi) is 6.35. The second-order valence-electron chi connectivity index (χ2n) is 5.94. The number of nitrogens with zero attached hydrogens (tertiary/aromatic N) is 4. The van der Waals surface area contributed by atoms with Crippen molar-refractivity contribution in [1.82, 2.24) is 25.0 Å². The molecule has 1 atom stereocenters. The minimum Gasteiger partial charge on any atom is -0.383 e. The monoisotopic (exact) mass is 409 g/mol. The summed E-state index contributed by atoms with van der Waals surface area (Å²) in [6, 6.07) is 6.96. The van der Waals surface area contributed by atoms with Gasteiger partial charge in [0, 0.05) is 30.8 Å². The standard InChI is InChI=1S/C17H20ClN5O3S/c1-11(15(24)23-8-7-19-16(23)25)27-17-21-20-14(22(17)9-10-26-2)12-3-5-13(18)6-4-12/h3-6,11H,7-10H2,1-2H3,(H,19,25)/t11-/m0/s1. The van der Waals surface area contributed by atoms with Crippen LogP contribution in [0.5, 0.6) is 0 Å². The van der Waals surface area contributed by atoms with Crippen molar-refractivity contribution in [2.24, 2.45) is 0 Å². The average molecular weight is 410 g/mol. The number of aromatic nitrogens is 3. The van der Waals surface area contributed by atoms with Gasteiger partial charge in [-0.25, -0.2) is 4.79 Å². The maximum Gasteiger partial charge on any atom is 0.324 e. The van der Waals surface area contributed by atoms with E-state index < -0.39 is 5.25 Å². The van der Waals surface area contributed by atoms with Gasteiger partial charge in [0.25, 0.3) is 0 Å². The van der Waals surface area contributed by atoms with E-state index >= 15 is 0 Å². The number of hydrogen-bond acceptors (Lipinski definition) is 6. The normalized spacial score (nSPS) is 15.1. The summed E-state index contributed by atoms with van der Waals surface area (Å²) in [4.78, 5) is 25.5. The van der Waals surface area contributed by atoms with E-state index in [0.717, 1.165) is 5.56 Å². The van der Waals surface area contributed by atoms with Gasteiger partial charge in [0.05, 0.1) is 18.4 Å². The zero-order chi connectivity index (χ0) is 19.4. The first-order chi connectivity index (χ1) is 13.0. The van der Waals surface area contributed by atoms with Gasteiger partial charge in [0.2, 0.25) is 5.91 Å². The van der Waals surface area contributed by atoms with Crippen LogP contribution in [0.4, 0.5) is 4.79 Å². The Morgan fingerprint density at radius 1 is 1.37 bits per heavy atom. The van der Waals surface area contributed by atoms with Crippen LogP contribution < -0.4 is 5.32 Å². The molecule has 10 heteroatoms. The molecule has 0 bridgehead atoms. The Balaban J connectivity index is 1.82. The molecule has 8 nitrogen and oxygen atoms in total. The number of benzene rings is 1. The largest absolute Gasteiger partial charge is 0.383 e. The number of carbonyl (C=O) groups is 2. The first-order valence-corrected chi connectivity index (χ1v) is 9.71. The molecule has 0 aliphatic carbocycles. The molecule has 2 heterocycles. The van der Waals surface area contributed by atoms with E-state index in [1.807, 2.05) is 16.7 Å². The van der Waals surface area contributed by atoms with Gasteiger partial charge < -0.3 is 10.1 Å². The zero-order valence-electron chi connectivity index (χ0n) is 15.0. The van der Waals surface area contributed by atoms with E-state index in [1.165, 1.54) is 16.7 Å². The fourth-order valence-electron chi connectivity index (χ4n) is 2.68. The average Bonchev–Trinajstić information content (AvgIpc) is 3.26. The summed E-state index contributed by atoms with van der Waals surface area (Å²) in [5, 5.41) is 11.9. The van der Waals surface area contributed by atoms with Crippen molar-refractivity contribution < 1.29 is 14.3 Å². The maximum atomic E-state index is 12.5. The highest BCUT2D eigenvalue weighted by molar-refractivity contribution is 8.00. The van der Waals surface area contributed by atoms with Crippen LogP contribution in [0.3, 0.4) is 0 Å². The smallest absolute Gasteiger partial charge is 0.324 e. The lowest BCUT2D eigenvalue weighted by Crippen LogP contribution is -2.39. The van der Waals surface area contributed by atoms with Crippen molar-refractivity contribution in [2.45, 2.75) is 23.9 Å². The highest BCUT2D eigenvalue weighted by atomic mass is 35.5. The number of amides is 3. The van der Waals surface area contributed by atoms with E-state index in [0.29, 0.717) is 42.2 Å². The second kappa shape index (κ2) is 8.73. The van der Waals surface area contributed by atoms with E-state index in [-0.39, 0.29) is 11.9 Å². The molecule has 3 rings (SSSR count). The third-order valence-corrected chi connectivity index (χ3v) is 5.41. The van der Waals surface area contributed by atoms with E-state index in [4.69, 9.17) is 16.3 Å². The van der Waals surface area contributed by atoms with Crippen molar-refractivity contribution in [3.05, 3.63) is 29.3 Å². The summed E-state index contributed by atoms with van der Waals surface area (Å²) < 4.78 is 7.10. The summed E-state index contributed by atoms with van der Waals surface area (Å²) in [6.07, 6.45) is 0. The predicted molar refractivity (Wildman–Crippen MR) is 103 cm³/mol. The molecule has 1 aliphatic heterocycles. The molecule has 0 radical (unpaired) electrons. The molecule has 1 aliphatic rings. The quantitative estimate of drug-likeness (QED) is 0.705. The van der Waals surface area contributed by atoms with Crippen molar-refractivity contribution in [1.29, 1.82) is 0 Å². The maximum absolute atomic E-state index is 12.5. The van der Waals surface area contributed by atoms with Gasteiger partial charge in [0.1, 0.15) is 0 Å². The van der Waals surface area contributed by atoms with Crippen LogP contribution in [-0.2, 0) is 16.1 Å². The fraction of sp³-hybridized carbons (Fsp3) is 0.412. The Hall–Kier alpha value is -2.10. The van der Waals surface area contributed by atoms with Crippen molar-refractivity contribution >= 4 is 35.3 Å². The Bertz CT molecular complexity index is 826. The molecule has 0 saturated carbocycles. The predicted octanol–water partition coefficient (Wildman–Crippen LogP) is 2.28. The zero-order valence-corrected chi connectivity index (χ0v) is 16.6. The van der Waals surface area contributed by atoms with E-state index in [9.17, 15) is 9.59 Å². The fourth-order valence-corrected chi connectivity index (χ4v) is 3.75. The van der Waals surface area contributed by atoms with Crippen LogP contribution in [0.25, 0.3) is 11.4 Å². The molecule has 1 fully saturated rings. The number of rotatable bonds is 7. The van der Waals surface area contributed by atoms with Crippen LogP contribution in [0.1, 0.15) is 6.92 Å². The molecule has 1 saturated heterocycles. The SMILES string of the molecule is COCCn1c(S[C@@H](C)C(=O)N2CCNC2=O)nnc1-c1ccc(Cl)cc1. The van der Waals surface area contributed by atoms with Gasteiger partial charge in [-0.15, -0.1) is 10.2 Å². The molecule has 0 unspecified atom stereocenters. The van der Waals surface area contributed by atoms with Gasteiger partial charge >= 0.3 is 6.03 Å². The molecule has 3 amide bonds. The number of thioether (sulfide) groups is 1. The number of carbonyl (C=O) groups excluding carboxylic acids is 2. The number of nitrogens with one attached hydrogen (secondary N) is 1. The third-order valence-electron chi connectivity index (χ3n) is 4.09. The topological polar surface area (TPSA) is 89.4 Å². The van der Waals surface area contributed by atoms with Crippen LogP contribution in [0, 0.1) is 0 Å². The van der Waals surface area contributed by atoms with Gasteiger partial charge in [-0.2, -0.15) is 0 Å². The van der Waals surface area contributed by atoms with Gasteiger partial charge in [-0.1, -0.05) is 23.4 Å². The lowest BCUT2D eigenvalue weighted by Gasteiger charge is -2.17. The summed E-state index contributed by atoms with van der Waals surface area (Å²) in [7, 11) is 1.62. The van der Waals surface area contributed by atoms with Gasteiger partial charge in [0.15, 0.2) is 11.0 Å². The molecular weight excluding hydrogens is 390 g/mol. The first kappa shape index (κ1) is 19.7. The number of halogens is 1. The molecule has 1 aromatic heterocycles.